The van der Waals surface area contributed by atoms with Gasteiger partial charge >= 0.3 is 33.0 Å². The Balaban J connectivity index is 0.000000595. The molecule has 0 atom stereocenters. The SMILES string of the molecule is COc1cc(C)nc2c1ccc1c(OC)cc(C)nc12.[Cl][Ni][Cl]. The third kappa shape index (κ3) is 3.80. The Morgan fingerprint density at radius 2 is 1.17 bits per heavy atom. The first-order chi connectivity index (χ1) is 11.0. The van der Waals surface area contributed by atoms with Gasteiger partial charge in [-0.25, -0.2) is 0 Å². The minimum atomic E-state index is 0.569. The Hall–Kier alpha value is -1.29. The molecule has 0 amide bonds. The minimum absolute atomic E-state index is 0.569. The number of nitrogens with zero attached hydrogens (tertiary/aromatic N) is 2. The van der Waals surface area contributed by atoms with Gasteiger partial charge in [0.1, 0.15) is 22.5 Å². The molecule has 0 saturated heterocycles. The quantitative estimate of drug-likeness (QED) is 0.460. The summed E-state index contributed by atoms with van der Waals surface area (Å²) < 4.78 is 10.9. The number of aryl methyl sites for hydroxylation is 2. The Morgan fingerprint density at radius 1 is 0.826 bits per heavy atom. The van der Waals surface area contributed by atoms with Gasteiger partial charge in [0.05, 0.1) is 14.2 Å². The number of fused-ring (bicyclic) bond motifs is 3. The van der Waals surface area contributed by atoms with E-state index in [9.17, 15) is 0 Å². The summed E-state index contributed by atoms with van der Waals surface area (Å²) in [7, 11) is 12.7. The van der Waals surface area contributed by atoms with Gasteiger partial charge in [0.15, 0.2) is 0 Å². The van der Waals surface area contributed by atoms with E-state index >= 15 is 0 Å². The van der Waals surface area contributed by atoms with Crippen LogP contribution in [0.1, 0.15) is 11.4 Å². The first kappa shape index (κ1) is 18.1. The number of pyridine rings is 2. The third-order valence-corrected chi connectivity index (χ3v) is 3.38. The van der Waals surface area contributed by atoms with Gasteiger partial charge in [-0.1, -0.05) is 0 Å². The van der Waals surface area contributed by atoms with Crippen LogP contribution in [-0.4, -0.2) is 24.2 Å². The molecule has 7 heteroatoms. The zero-order valence-corrected chi connectivity index (χ0v) is 15.6. The van der Waals surface area contributed by atoms with Crippen LogP contribution < -0.4 is 9.47 Å². The maximum absolute atomic E-state index is 5.44. The monoisotopic (exact) mass is 396 g/mol. The van der Waals surface area contributed by atoms with Crippen molar-refractivity contribution in [1.29, 1.82) is 0 Å². The van der Waals surface area contributed by atoms with Crippen LogP contribution in [0.15, 0.2) is 24.3 Å². The molecule has 0 radical (unpaired) electrons. The van der Waals surface area contributed by atoms with Crippen molar-refractivity contribution in [2.75, 3.05) is 14.2 Å². The molecule has 3 aromatic rings. The van der Waals surface area contributed by atoms with E-state index in [2.05, 4.69) is 9.97 Å². The van der Waals surface area contributed by atoms with E-state index in [0.717, 1.165) is 44.7 Å². The first-order valence-electron chi connectivity index (χ1n) is 6.67. The van der Waals surface area contributed by atoms with E-state index in [4.69, 9.17) is 29.9 Å². The number of ether oxygens (including phenoxy) is 2. The predicted octanol–water partition coefficient (Wildman–Crippen LogP) is 4.79. The summed E-state index contributed by atoms with van der Waals surface area (Å²) >= 11 is 0.569. The van der Waals surface area contributed by atoms with E-state index in [1.807, 2.05) is 38.1 Å². The Labute approximate surface area is 149 Å². The summed E-state index contributed by atoms with van der Waals surface area (Å²) in [6.45, 7) is 3.90. The summed E-state index contributed by atoms with van der Waals surface area (Å²) in [5, 5.41) is 1.93. The summed E-state index contributed by atoms with van der Waals surface area (Å²) in [5.41, 5.74) is 3.51. The molecule has 0 fully saturated rings. The zero-order chi connectivity index (χ0) is 17.0. The van der Waals surface area contributed by atoms with Crippen LogP contribution in [0.5, 0.6) is 11.5 Å². The van der Waals surface area contributed by atoms with Crippen LogP contribution in [0.3, 0.4) is 0 Å². The molecule has 1 aromatic carbocycles. The number of hydrogen-bond donors (Lipinski definition) is 0. The molecule has 23 heavy (non-hydrogen) atoms. The second kappa shape index (κ2) is 8.00. The van der Waals surface area contributed by atoms with Crippen molar-refractivity contribution in [3.63, 3.8) is 0 Å². The number of aromatic nitrogens is 2. The summed E-state index contributed by atoms with van der Waals surface area (Å²) in [5.74, 6) is 1.63. The van der Waals surface area contributed by atoms with Crippen LogP contribution in [-0.2, 0) is 12.7 Å². The molecule has 126 valence electrons. The van der Waals surface area contributed by atoms with Gasteiger partial charge in [0, 0.05) is 34.3 Å². The molecule has 2 heterocycles. The zero-order valence-electron chi connectivity index (χ0n) is 13.1. The van der Waals surface area contributed by atoms with Gasteiger partial charge in [-0.2, -0.15) is 0 Å². The normalized spacial score (nSPS) is 10.5. The van der Waals surface area contributed by atoms with Gasteiger partial charge in [-0.3, -0.25) is 9.97 Å². The first-order valence-corrected chi connectivity index (χ1v) is 9.39. The summed E-state index contributed by atoms with van der Waals surface area (Å²) in [6.07, 6.45) is 0. The van der Waals surface area contributed by atoms with Crippen LogP contribution in [0.2, 0.25) is 0 Å². The van der Waals surface area contributed by atoms with Crippen molar-refractivity contribution in [1.82, 2.24) is 9.97 Å². The fourth-order valence-corrected chi connectivity index (χ4v) is 2.49. The molecule has 0 aliphatic heterocycles. The van der Waals surface area contributed by atoms with Gasteiger partial charge in [0.25, 0.3) is 0 Å². The van der Waals surface area contributed by atoms with Crippen molar-refractivity contribution in [2.24, 2.45) is 0 Å². The third-order valence-electron chi connectivity index (χ3n) is 3.38. The fraction of sp³-hybridized carbons (Fsp3) is 0.250. The van der Waals surface area contributed by atoms with Crippen molar-refractivity contribution in [2.45, 2.75) is 13.8 Å². The van der Waals surface area contributed by atoms with Crippen molar-refractivity contribution < 1.29 is 22.1 Å². The number of methoxy groups -OCH3 is 2. The Morgan fingerprint density at radius 3 is 1.48 bits per heavy atom. The van der Waals surface area contributed by atoms with E-state index < -0.39 is 0 Å². The fourth-order valence-electron chi connectivity index (χ4n) is 2.49. The number of halogens is 2. The van der Waals surface area contributed by atoms with Crippen molar-refractivity contribution in [3.05, 3.63) is 35.7 Å². The molecule has 0 unspecified atom stereocenters. The number of benzene rings is 1. The Bertz CT molecular complexity index is 775. The van der Waals surface area contributed by atoms with Crippen LogP contribution >= 0.6 is 20.4 Å². The van der Waals surface area contributed by atoms with Gasteiger partial charge < -0.3 is 9.47 Å². The molecule has 0 saturated carbocycles. The van der Waals surface area contributed by atoms with E-state index in [1.165, 1.54) is 0 Å². The molecule has 4 nitrogen and oxygen atoms in total. The summed E-state index contributed by atoms with van der Waals surface area (Å²) in [6, 6.07) is 7.87. The second-order valence-electron chi connectivity index (χ2n) is 4.83. The van der Waals surface area contributed by atoms with E-state index in [0.29, 0.717) is 12.7 Å². The molecule has 0 aliphatic rings. The molecule has 3 rings (SSSR count). The van der Waals surface area contributed by atoms with Crippen LogP contribution in [0.4, 0.5) is 0 Å². The van der Waals surface area contributed by atoms with E-state index in [1.54, 1.807) is 14.2 Å². The van der Waals surface area contributed by atoms with Gasteiger partial charge in [-0.05, 0) is 26.0 Å². The molecular formula is C16H16Cl2N2NiO2. The Kier molecular flexibility index (Phi) is 6.28. The molecule has 2 aromatic heterocycles. The average molecular weight is 398 g/mol. The topological polar surface area (TPSA) is 44.2 Å². The number of rotatable bonds is 2. The summed E-state index contributed by atoms with van der Waals surface area (Å²) in [4.78, 5) is 9.26. The maximum atomic E-state index is 5.44. The van der Waals surface area contributed by atoms with Crippen LogP contribution in [0.25, 0.3) is 21.8 Å². The van der Waals surface area contributed by atoms with Gasteiger partial charge in [0.2, 0.25) is 0 Å². The van der Waals surface area contributed by atoms with Crippen LogP contribution in [0, 0.1) is 13.8 Å². The molecular weight excluding hydrogens is 382 g/mol. The molecule has 0 N–H and O–H groups in total. The second-order valence-corrected chi connectivity index (χ2v) is 6.47. The van der Waals surface area contributed by atoms with Crippen molar-refractivity contribution in [3.8, 4) is 11.5 Å². The standard InChI is InChI=1S/C16H16N2O2.2ClH.Ni/c1-9-7-13(19-3)11-5-6-12-14(20-4)8-10(2)18-16(12)15(11)17-9;;;/h5-8H,1-4H3;2*1H;/q;;;+2/p-2. The van der Waals surface area contributed by atoms with Crippen molar-refractivity contribution >= 4 is 42.2 Å². The molecule has 0 bridgehead atoms. The molecule has 0 spiro atoms. The number of hydrogen-bond acceptors (Lipinski definition) is 4. The molecule has 0 aliphatic carbocycles. The van der Waals surface area contributed by atoms with Gasteiger partial charge in [-0.15, -0.1) is 0 Å². The van der Waals surface area contributed by atoms with E-state index in [-0.39, 0.29) is 0 Å². The predicted molar refractivity (Wildman–Crippen MR) is 91.3 cm³/mol. The average Bonchev–Trinajstić information content (AvgIpc) is 2.53.